The van der Waals surface area contributed by atoms with Gasteiger partial charge in [0.05, 0.1) is 17.5 Å². The van der Waals surface area contributed by atoms with Crippen molar-refractivity contribution in [1.29, 1.82) is 0 Å². The highest BCUT2D eigenvalue weighted by molar-refractivity contribution is 9.09. The third kappa shape index (κ3) is 1.66. The average molecular weight is 195 g/mol. The van der Waals surface area contributed by atoms with Gasteiger partial charge in [0.1, 0.15) is 0 Å². The first kappa shape index (κ1) is 7.51. The minimum atomic E-state index is -0.0324. The maximum absolute atomic E-state index is 5.35. The Hall–Kier alpha value is 0.400. The van der Waals surface area contributed by atoms with E-state index < -0.39 is 0 Å². The topological polar surface area (TPSA) is 18.5 Å². The van der Waals surface area contributed by atoms with Crippen LogP contribution in [0.15, 0.2) is 0 Å². The zero-order valence-electron chi connectivity index (χ0n) is 5.63. The fourth-order valence-electron chi connectivity index (χ4n) is 0.805. The molecule has 1 rings (SSSR count). The summed E-state index contributed by atoms with van der Waals surface area (Å²) in [6.07, 6.45) is 0.454. The molecule has 2 nitrogen and oxygen atoms in total. The molecule has 3 atom stereocenters. The number of hydrogen-bond acceptors (Lipinski definition) is 2. The van der Waals surface area contributed by atoms with Gasteiger partial charge >= 0.3 is 0 Å². The van der Waals surface area contributed by atoms with Gasteiger partial charge in [-0.2, -0.15) is 0 Å². The van der Waals surface area contributed by atoms with Crippen LogP contribution in [0.25, 0.3) is 0 Å². The van der Waals surface area contributed by atoms with Gasteiger partial charge in [-0.25, -0.2) is 0 Å². The summed E-state index contributed by atoms with van der Waals surface area (Å²) < 4.78 is 10.7. The maximum Gasteiger partial charge on any atom is 0.168 e. The van der Waals surface area contributed by atoms with Crippen LogP contribution in [0.4, 0.5) is 0 Å². The van der Waals surface area contributed by atoms with Crippen LogP contribution < -0.4 is 0 Å². The second-order valence-corrected chi connectivity index (χ2v) is 2.91. The molecule has 0 bridgehead atoms. The Kier molecular flexibility index (Phi) is 2.50. The molecule has 0 aliphatic carbocycles. The maximum atomic E-state index is 5.35. The van der Waals surface area contributed by atoms with Gasteiger partial charge in [-0.1, -0.05) is 15.9 Å². The zero-order chi connectivity index (χ0) is 6.85. The van der Waals surface area contributed by atoms with E-state index in [1.165, 1.54) is 0 Å². The lowest BCUT2D eigenvalue weighted by molar-refractivity contribution is -0.0423. The van der Waals surface area contributed by atoms with E-state index in [9.17, 15) is 0 Å². The summed E-state index contributed by atoms with van der Waals surface area (Å²) in [6.45, 7) is 4.04. The van der Waals surface area contributed by atoms with E-state index in [0.29, 0.717) is 0 Å². The van der Waals surface area contributed by atoms with Crippen LogP contribution >= 0.6 is 15.9 Å². The van der Waals surface area contributed by atoms with Crippen LogP contribution in [0.5, 0.6) is 0 Å². The van der Waals surface area contributed by atoms with Crippen LogP contribution in [-0.4, -0.2) is 23.8 Å². The molecule has 1 aliphatic heterocycles. The lowest BCUT2D eigenvalue weighted by atomic mass is 10.3. The largest absolute Gasteiger partial charge is 0.346 e. The Morgan fingerprint density at radius 3 is 1.89 bits per heavy atom. The molecule has 3 heteroatoms. The number of rotatable bonds is 1. The standard InChI is InChI=1S/C6H11BrO2/c1-4-5(2)9-6(3-7)8-4/h4-6H,3H2,1-2H3/t4-,5+,6?. The summed E-state index contributed by atoms with van der Waals surface area (Å²) in [7, 11) is 0. The lowest BCUT2D eigenvalue weighted by Gasteiger charge is -2.02. The quantitative estimate of drug-likeness (QED) is 0.590. The molecule has 1 aliphatic rings. The van der Waals surface area contributed by atoms with E-state index in [-0.39, 0.29) is 18.5 Å². The molecule has 0 spiro atoms. The monoisotopic (exact) mass is 194 g/mol. The number of hydrogen-bond donors (Lipinski definition) is 0. The minimum Gasteiger partial charge on any atom is -0.346 e. The Balaban J connectivity index is 2.35. The van der Waals surface area contributed by atoms with Gasteiger partial charge in [-0.15, -0.1) is 0 Å². The van der Waals surface area contributed by atoms with Crippen LogP contribution in [0.1, 0.15) is 13.8 Å². The van der Waals surface area contributed by atoms with Gasteiger partial charge < -0.3 is 9.47 Å². The molecule has 0 aromatic carbocycles. The highest BCUT2D eigenvalue weighted by Crippen LogP contribution is 2.18. The highest BCUT2D eigenvalue weighted by atomic mass is 79.9. The van der Waals surface area contributed by atoms with Gasteiger partial charge in [0.15, 0.2) is 6.29 Å². The lowest BCUT2D eigenvalue weighted by Crippen LogP contribution is -2.13. The summed E-state index contributed by atoms with van der Waals surface area (Å²) in [6, 6.07) is 0. The summed E-state index contributed by atoms with van der Waals surface area (Å²) in [4.78, 5) is 0. The molecule has 0 aromatic heterocycles. The number of alkyl halides is 1. The number of halogens is 1. The summed E-state index contributed by atoms with van der Waals surface area (Å²) in [5.74, 6) is 0. The minimum absolute atomic E-state index is 0.0324. The second-order valence-electron chi connectivity index (χ2n) is 2.27. The first-order valence-electron chi connectivity index (χ1n) is 3.11. The van der Waals surface area contributed by atoms with Crippen molar-refractivity contribution in [1.82, 2.24) is 0 Å². The van der Waals surface area contributed by atoms with Crippen molar-refractivity contribution in [3.63, 3.8) is 0 Å². The molecule has 1 saturated heterocycles. The van der Waals surface area contributed by atoms with E-state index in [0.717, 1.165) is 5.33 Å². The van der Waals surface area contributed by atoms with Crippen molar-refractivity contribution in [3.8, 4) is 0 Å². The molecule has 1 fully saturated rings. The first-order chi connectivity index (χ1) is 4.24. The third-order valence-corrected chi connectivity index (χ3v) is 2.05. The van der Waals surface area contributed by atoms with Gasteiger partial charge in [0.2, 0.25) is 0 Å². The Bertz CT molecular complexity index is 87.1. The molecule has 1 heterocycles. The van der Waals surface area contributed by atoms with Crippen LogP contribution in [0.3, 0.4) is 0 Å². The third-order valence-electron chi connectivity index (χ3n) is 1.52. The van der Waals surface area contributed by atoms with Crippen molar-refractivity contribution in [2.45, 2.75) is 32.3 Å². The molecule has 9 heavy (non-hydrogen) atoms. The molecule has 0 N–H and O–H groups in total. The Labute approximate surface area is 63.7 Å². The van der Waals surface area contributed by atoms with E-state index in [4.69, 9.17) is 9.47 Å². The molecular formula is C6H11BrO2. The van der Waals surface area contributed by atoms with Crippen LogP contribution in [0.2, 0.25) is 0 Å². The Morgan fingerprint density at radius 1 is 1.22 bits per heavy atom. The molecule has 0 saturated carbocycles. The average Bonchev–Trinajstić information content (AvgIpc) is 2.13. The molecule has 1 unspecified atom stereocenters. The predicted octanol–water partition coefficient (Wildman–Crippen LogP) is 1.53. The summed E-state index contributed by atoms with van der Waals surface area (Å²) in [5, 5.41) is 0.766. The smallest absolute Gasteiger partial charge is 0.168 e. The van der Waals surface area contributed by atoms with Crippen molar-refractivity contribution < 1.29 is 9.47 Å². The summed E-state index contributed by atoms with van der Waals surface area (Å²) in [5.41, 5.74) is 0. The van der Waals surface area contributed by atoms with Gasteiger partial charge in [0, 0.05) is 0 Å². The van der Waals surface area contributed by atoms with Crippen molar-refractivity contribution in [3.05, 3.63) is 0 Å². The second kappa shape index (κ2) is 2.99. The van der Waals surface area contributed by atoms with Crippen LogP contribution in [-0.2, 0) is 9.47 Å². The zero-order valence-corrected chi connectivity index (χ0v) is 7.22. The fourth-order valence-corrected chi connectivity index (χ4v) is 1.11. The van der Waals surface area contributed by atoms with E-state index in [1.807, 2.05) is 13.8 Å². The van der Waals surface area contributed by atoms with Gasteiger partial charge in [-0.3, -0.25) is 0 Å². The van der Waals surface area contributed by atoms with Gasteiger partial charge in [0.25, 0.3) is 0 Å². The molecule has 54 valence electrons. The Morgan fingerprint density at radius 2 is 1.67 bits per heavy atom. The number of ether oxygens (including phenoxy) is 2. The van der Waals surface area contributed by atoms with E-state index in [1.54, 1.807) is 0 Å². The van der Waals surface area contributed by atoms with E-state index in [2.05, 4.69) is 15.9 Å². The fraction of sp³-hybridized carbons (Fsp3) is 1.00. The highest BCUT2D eigenvalue weighted by Gasteiger charge is 2.28. The molecule has 0 aromatic rings. The van der Waals surface area contributed by atoms with E-state index >= 15 is 0 Å². The van der Waals surface area contributed by atoms with Crippen molar-refractivity contribution >= 4 is 15.9 Å². The van der Waals surface area contributed by atoms with Gasteiger partial charge in [-0.05, 0) is 13.8 Å². The predicted molar refractivity (Wildman–Crippen MR) is 38.7 cm³/mol. The van der Waals surface area contributed by atoms with Crippen LogP contribution in [0, 0.1) is 0 Å². The summed E-state index contributed by atoms with van der Waals surface area (Å²) >= 11 is 3.28. The molecule has 0 amide bonds. The van der Waals surface area contributed by atoms with Crippen molar-refractivity contribution in [2.75, 3.05) is 5.33 Å². The normalized spacial score (nSPS) is 43.7. The molecule has 0 radical (unpaired) electrons. The first-order valence-corrected chi connectivity index (χ1v) is 4.23. The SMILES string of the molecule is C[C@@H]1OC(CBr)O[C@@H]1C. The molecular weight excluding hydrogens is 184 g/mol. The van der Waals surface area contributed by atoms with Crippen molar-refractivity contribution in [2.24, 2.45) is 0 Å².